The molecule has 5 nitrogen and oxygen atoms in total. The summed E-state index contributed by atoms with van der Waals surface area (Å²) in [6.45, 7) is 0.261. The van der Waals surface area contributed by atoms with E-state index in [-0.39, 0.29) is 30.4 Å². The van der Waals surface area contributed by atoms with Gasteiger partial charge >= 0.3 is 0 Å². The van der Waals surface area contributed by atoms with Crippen molar-refractivity contribution in [2.24, 2.45) is 0 Å². The maximum absolute atomic E-state index is 13.7. The number of aliphatic hydroxyl groups is 1. The van der Waals surface area contributed by atoms with Crippen LogP contribution in [0.15, 0.2) is 18.2 Å². The monoisotopic (exact) mass is 295 g/mol. The molecule has 1 aromatic carbocycles. The van der Waals surface area contributed by atoms with E-state index in [0.29, 0.717) is 6.61 Å². The first-order chi connectivity index (χ1) is 10.1. The van der Waals surface area contributed by atoms with Crippen LogP contribution >= 0.6 is 0 Å². The first kappa shape index (κ1) is 17.1. The maximum atomic E-state index is 13.7. The van der Waals surface area contributed by atoms with Gasteiger partial charge in [0.25, 0.3) is 5.91 Å². The number of benzene rings is 1. The number of rotatable bonds is 6. The summed E-state index contributed by atoms with van der Waals surface area (Å²) in [5, 5.41) is 11.2. The molecule has 0 fully saturated rings. The Bertz CT molecular complexity index is 536. The Labute approximate surface area is 123 Å². The van der Waals surface area contributed by atoms with E-state index < -0.39 is 11.7 Å². The second-order valence-electron chi connectivity index (χ2n) is 4.18. The van der Waals surface area contributed by atoms with Crippen molar-refractivity contribution in [3.8, 4) is 11.8 Å². The minimum atomic E-state index is -0.608. The molecule has 0 aliphatic carbocycles. The van der Waals surface area contributed by atoms with Crippen molar-refractivity contribution in [2.45, 2.75) is 6.10 Å². The van der Waals surface area contributed by atoms with Crippen LogP contribution in [-0.4, -0.2) is 51.1 Å². The molecule has 1 atom stereocenters. The van der Waals surface area contributed by atoms with Crippen LogP contribution in [0.25, 0.3) is 0 Å². The average molecular weight is 295 g/mol. The summed E-state index contributed by atoms with van der Waals surface area (Å²) < 4.78 is 23.8. The summed E-state index contributed by atoms with van der Waals surface area (Å²) in [7, 11) is 3.06. The second-order valence-corrected chi connectivity index (χ2v) is 4.18. The molecule has 114 valence electrons. The minimum absolute atomic E-state index is 0.134. The molecule has 0 aliphatic rings. The summed E-state index contributed by atoms with van der Waals surface area (Å²) >= 11 is 0. The van der Waals surface area contributed by atoms with Crippen molar-refractivity contribution in [3.05, 3.63) is 35.1 Å². The highest BCUT2D eigenvalue weighted by Crippen LogP contribution is 2.09. The molecule has 1 amide bonds. The molecule has 0 heterocycles. The van der Waals surface area contributed by atoms with E-state index in [0.717, 1.165) is 6.07 Å². The molecule has 0 spiro atoms. The van der Waals surface area contributed by atoms with Crippen LogP contribution in [0.4, 0.5) is 4.39 Å². The zero-order chi connectivity index (χ0) is 15.7. The number of hydrogen-bond acceptors (Lipinski definition) is 4. The molecule has 2 N–H and O–H groups in total. The Morgan fingerprint density at radius 1 is 1.48 bits per heavy atom. The third-order valence-corrected chi connectivity index (χ3v) is 2.71. The number of carbonyl (C=O) groups is 1. The molecule has 0 aliphatic heterocycles. The lowest BCUT2D eigenvalue weighted by Gasteiger charge is -2.15. The van der Waals surface area contributed by atoms with Gasteiger partial charge in [0, 0.05) is 26.3 Å². The molecule has 0 aromatic heterocycles. The second kappa shape index (κ2) is 9.08. The molecule has 0 saturated heterocycles. The standard InChI is InChI=1S/C15H18FNO4/c1-20-10-13(21-2)9-17-15(19)12-6-5-11(4-3-7-18)14(16)8-12/h5-6,8,13,18H,7,9-10H2,1-2H3,(H,17,19). The summed E-state index contributed by atoms with van der Waals surface area (Å²) in [4.78, 5) is 11.9. The third-order valence-electron chi connectivity index (χ3n) is 2.71. The van der Waals surface area contributed by atoms with Crippen molar-refractivity contribution >= 4 is 5.91 Å². The summed E-state index contributed by atoms with van der Waals surface area (Å²) in [5.41, 5.74) is 0.323. The first-order valence-corrected chi connectivity index (χ1v) is 6.31. The van der Waals surface area contributed by atoms with Crippen LogP contribution < -0.4 is 5.32 Å². The fourth-order valence-corrected chi connectivity index (χ4v) is 1.60. The van der Waals surface area contributed by atoms with Gasteiger partial charge in [-0.2, -0.15) is 0 Å². The van der Waals surface area contributed by atoms with E-state index in [1.165, 1.54) is 26.4 Å². The van der Waals surface area contributed by atoms with Gasteiger partial charge in [0.05, 0.1) is 18.3 Å². The highest BCUT2D eigenvalue weighted by Gasteiger charge is 2.12. The van der Waals surface area contributed by atoms with E-state index in [1.54, 1.807) is 0 Å². The van der Waals surface area contributed by atoms with Crippen molar-refractivity contribution in [1.29, 1.82) is 0 Å². The van der Waals surface area contributed by atoms with Crippen molar-refractivity contribution < 1.29 is 23.8 Å². The number of carbonyl (C=O) groups excluding carboxylic acids is 1. The zero-order valence-electron chi connectivity index (χ0n) is 12.0. The van der Waals surface area contributed by atoms with Crippen LogP contribution in [0.5, 0.6) is 0 Å². The molecule has 0 saturated carbocycles. The van der Waals surface area contributed by atoms with Crippen LogP contribution in [0, 0.1) is 17.7 Å². The minimum Gasteiger partial charge on any atom is -0.384 e. The van der Waals surface area contributed by atoms with Gasteiger partial charge in [0.2, 0.25) is 0 Å². The smallest absolute Gasteiger partial charge is 0.251 e. The van der Waals surface area contributed by atoms with Crippen molar-refractivity contribution in [3.63, 3.8) is 0 Å². The van der Waals surface area contributed by atoms with E-state index in [1.807, 2.05) is 0 Å². The number of nitrogens with one attached hydrogen (secondary N) is 1. The molecule has 0 bridgehead atoms. The Hall–Kier alpha value is -1.94. The normalized spacial score (nSPS) is 11.4. The Morgan fingerprint density at radius 3 is 2.81 bits per heavy atom. The fourth-order valence-electron chi connectivity index (χ4n) is 1.60. The number of hydrogen-bond donors (Lipinski definition) is 2. The van der Waals surface area contributed by atoms with E-state index in [4.69, 9.17) is 14.6 Å². The fraction of sp³-hybridized carbons (Fsp3) is 0.400. The number of amides is 1. The van der Waals surface area contributed by atoms with E-state index in [2.05, 4.69) is 17.2 Å². The van der Waals surface area contributed by atoms with Gasteiger partial charge in [0.1, 0.15) is 12.4 Å². The van der Waals surface area contributed by atoms with Crippen molar-refractivity contribution in [2.75, 3.05) is 34.0 Å². The number of aliphatic hydroxyl groups excluding tert-OH is 1. The lowest BCUT2D eigenvalue weighted by Crippen LogP contribution is -2.35. The Kier molecular flexibility index (Phi) is 7.40. The SMILES string of the molecule is COCC(CNC(=O)c1ccc(C#CCO)c(F)c1)OC. The lowest BCUT2D eigenvalue weighted by atomic mass is 10.1. The van der Waals surface area contributed by atoms with Gasteiger partial charge in [-0.3, -0.25) is 4.79 Å². The maximum Gasteiger partial charge on any atom is 0.251 e. The summed E-state index contributed by atoms with van der Waals surface area (Å²) in [5.74, 6) is 3.80. The van der Waals surface area contributed by atoms with Gasteiger partial charge in [-0.05, 0) is 18.2 Å². The van der Waals surface area contributed by atoms with E-state index in [9.17, 15) is 9.18 Å². The lowest BCUT2D eigenvalue weighted by molar-refractivity contribution is 0.0285. The molecule has 1 rings (SSSR count). The molecular formula is C15H18FNO4. The predicted octanol–water partition coefficient (Wildman–Crippen LogP) is 0.561. The summed E-state index contributed by atoms with van der Waals surface area (Å²) in [6, 6.07) is 3.97. The molecule has 21 heavy (non-hydrogen) atoms. The molecule has 6 heteroatoms. The largest absolute Gasteiger partial charge is 0.384 e. The van der Waals surface area contributed by atoms with Crippen molar-refractivity contribution in [1.82, 2.24) is 5.32 Å². The highest BCUT2D eigenvalue weighted by molar-refractivity contribution is 5.94. The topological polar surface area (TPSA) is 67.8 Å². The van der Waals surface area contributed by atoms with Crippen LogP contribution in [0.2, 0.25) is 0 Å². The zero-order valence-corrected chi connectivity index (χ0v) is 12.0. The summed E-state index contributed by atoms with van der Waals surface area (Å²) in [6.07, 6.45) is -0.265. The average Bonchev–Trinajstić information content (AvgIpc) is 2.49. The quantitative estimate of drug-likeness (QED) is 0.753. The van der Waals surface area contributed by atoms with Crippen LogP contribution in [0.3, 0.4) is 0 Å². The molecule has 1 aromatic rings. The number of ether oxygens (including phenoxy) is 2. The Morgan fingerprint density at radius 2 is 2.24 bits per heavy atom. The Balaban J connectivity index is 2.68. The van der Waals surface area contributed by atoms with E-state index >= 15 is 0 Å². The molecule has 0 radical (unpaired) electrons. The van der Waals surface area contributed by atoms with Gasteiger partial charge < -0.3 is 19.9 Å². The number of halogens is 1. The first-order valence-electron chi connectivity index (χ1n) is 6.31. The van der Waals surface area contributed by atoms with Crippen LogP contribution in [0.1, 0.15) is 15.9 Å². The third kappa shape index (κ3) is 5.52. The molecular weight excluding hydrogens is 277 g/mol. The van der Waals surface area contributed by atoms with Crippen LogP contribution in [-0.2, 0) is 9.47 Å². The molecule has 1 unspecified atom stereocenters. The van der Waals surface area contributed by atoms with Gasteiger partial charge in [-0.1, -0.05) is 11.8 Å². The van der Waals surface area contributed by atoms with Gasteiger partial charge in [-0.15, -0.1) is 0 Å². The highest BCUT2D eigenvalue weighted by atomic mass is 19.1. The van der Waals surface area contributed by atoms with Gasteiger partial charge in [0.15, 0.2) is 0 Å². The number of methoxy groups -OCH3 is 2. The van der Waals surface area contributed by atoms with Gasteiger partial charge in [-0.25, -0.2) is 4.39 Å². The predicted molar refractivity (Wildman–Crippen MR) is 75.4 cm³/mol.